The topological polar surface area (TPSA) is 59.4 Å². The zero-order valence-corrected chi connectivity index (χ0v) is 12.6. The highest BCUT2D eigenvalue weighted by atomic mass is 15.2. The SMILES string of the molecule is Cn1cnc(-c2nc3cc(C#N)ccc3n2C(C)(C)C)c1. The third-order valence-corrected chi connectivity index (χ3v) is 3.39. The summed E-state index contributed by atoms with van der Waals surface area (Å²) >= 11 is 0. The van der Waals surface area contributed by atoms with E-state index in [2.05, 4.69) is 36.4 Å². The molecule has 0 bridgehead atoms. The molecular formula is C16H17N5. The van der Waals surface area contributed by atoms with Gasteiger partial charge in [-0.1, -0.05) is 0 Å². The Morgan fingerprint density at radius 3 is 2.57 bits per heavy atom. The molecule has 5 nitrogen and oxygen atoms in total. The Kier molecular flexibility index (Phi) is 2.84. The zero-order valence-electron chi connectivity index (χ0n) is 12.6. The van der Waals surface area contributed by atoms with Crippen molar-refractivity contribution >= 4 is 11.0 Å². The van der Waals surface area contributed by atoms with Crippen molar-refractivity contribution in [2.75, 3.05) is 0 Å². The number of rotatable bonds is 1. The van der Waals surface area contributed by atoms with E-state index in [0.717, 1.165) is 22.6 Å². The minimum Gasteiger partial charge on any atom is -0.340 e. The highest BCUT2D eigenvalue weighted by molar-refractivity contribution is 5.81. The van der Waals surface area contributed by atoms with Crippen LogP contribution in [0.15, 0.2) is 30.7 Å². The van der Waals surface area contributed by atoms with Crippen molar-refractivity contribution in [1.82, 2.24) is 19.1 Å². The van der Waals surface area contributed by atoms with E-state index in [0.29, 0.717) is 5.56 Å². The molecule has 3 aromatic rings. The van der Waals surface area contributed by atoms with Crippen LogP contribution in [0.3, 0.4) is 0 Å². The first kappa shape index (κ1) is 13.4. The van der Waals surface area contributed by atoms with Crippen LogP contribution in [0, 0.1) is 11.3 Å². The van der Waals surface area contributed by atoms with E-state index in [9.17, 15) is 0 Å². The molecule has 0 aliphatic carbocycles. The molecule has 0 aliphatic rings. The van der Waals surface area contributed by atoms with Crippen LogP contribution >= 0.6 is 0 Å². The molecule has 0 atom stereocenters. The van der Waals surface area contributed by atoms with Crippen LogP contribution in [0.2, 0.25) is 0 Å². The summed E-state index contributed by atoms with van der Waals surface area (Å²) in [6.07, 6.45) is 3.72. The van der Waals surface area contributed by atoms with Gasteiger partial charge in [0.25, 0.3) is 0 Å². The van der Waals surface area contributed by atoms with Crippen LogP contribution < -0.4 is 0 Å². The minimum absolute atomic E-state index is 0.129. The van der Waals surface area contributed by atoms with Crippen molar-refractivity contribution in [3.63, 3.8) is 0 Å². The molecule has 106 valence electrons. The van der Waals surface area contributed by atoms with Gasteiger partial charge in [-0.15, -0.1) is 0 Å². The molecular weight excluding hydrogens is 262 g/mol. The number of imidazole rings is 2. The third kappa shape index (κ3) is 2.19. The highest BCUT2D eigenvalue weighted by Crippen LogP contribution is 2.30. The molecule has 3 rings (SSSR count). The molecule has 2 heterocycles. The van der Waals surface area contributed by atoms with Crippen LogP contribution in [0.5, 0.6) is 0 Å². The van der Waals surface area contributed by atoms with Crippen LogP contribution in [0.25, 0.3) is 22.6 Å². The number of fused-ring (bicyclic) bond motifs is 1. The maximum absolute atomic E-state index is 9.05. The van der Waals surface area contributed by atoms with Crippen molar-refractivity contribution < 1.29 is 0 Å². The molecule has 1 aromatic carbocycles. The predicted molar refractivity (Wildman–Crippen MR) is 81.6 cm³/mol. The van der Waals surface area contributed by atoms with Gasteiger partial charge in [-0.3, -0.25) is 0 Å². The van der Waals surface area contributed by atoms with Gasteiger partial charge in [0.15, 0.2) is 5.82 Å². The van der Waals surface area contributed by atoms with E-state index in [4.69, 9.17) is 10.2 Å². The maximum Gasteiger partial charge on any atom is 0.161 e. The Morgan fingerprint density at radius 1 is 1.24 bits per heavy atom. The zero-order chi connectivity index (χ0) is 15.2. The van der Waals surface area contributed by atoms with E-state index in [1.807, 2.05) is 36.0 Å². The molecule has 0 N–H and O–H groups in total. The van der Waals surface area contributed by atoms with E-state index < -0.39 is 0 Å². The summed E-state index contributed by atoms with van der Waals surface area (Å²) in [5.41, 5.74) is 3.16. The van der Waals surface area contributed by atoms with Gasteiger partial charge in [0.1, 0.15) is 5.69 Å². The largest absolute Gasteiger partial charge is 0.340 e. The molecule has 0 saturated carbocycles. The number of hydrogen-bond acceptors (Lipinski definition) is 3. The first-order chi connectivity index (χ1) is 9.90. The fourth-order valence-corrected chi connectivity index (χ4v) is 2.53. The predicted octanol–water partition coefficient (Wildman–Crippen LogP) is 3.06. The number of aromatic nitrogens is 4. The van der Waals surface area contributed by atoms with Gasteiger partial charge < -0.3 is 9.13 Å². The quantitative estimate of drug-likeness (QED) is 0.688. The number of hydrogen-bond donors (Lipinski definition) is 0. The van der Waals surface area contributed by atoms with Gasteiger partial charge in [-0.05, 0) is 39.0 Å². The van der Waals surface area contributed by atoms with Crippen LogP contribution in [0.1, 0.15) is 26.3 Å². The van der Waals surface area contributed by atoms with Crippen molar-refractivity contribution in [3.8, 4) is 17.6 Å². The molecule has 0 fully saturated rings. The summed E-state index contributed by atoms with van der Waals surface area (Å²) in [6.45, 7) is 6.41. The Labute approximate surface area is 123 Å². The first-order valence-corrected chi connectivity index (χ1v) is 6.81. The summed E-state index contributed by atoms with van der Waals surface area (Å²) in [4.78, 5) is 9.12. The van der Waals surface area contributed by atoms with E-state index in [1.165, 1.54) is 0 Å². The second-order valence-corrected chi connectivity index (χ2v) is 6.18. The molecule has 0 saturated heterocycles. The third-order valence-electron chi connectivity index (χ3n) is 3.39. The Hall–Kier alpha value is -2.61. The van der Waals surface area contributed by atoms with E-state index in [1.54, 1.807) is 6.33 Å². The second kappa shape index (κ2) is 4.45. The number of aryl methyl sites for hydroxylation is 1. The van der Waals surface area contributed by atoms with Crippen molar-refractivity contribution in [3.05, 3.63) is 36.3 Å². The van der Waals surface area contributed by atoms with Gasteiger partial charge in [0, 0.05) is 18.8 Å². The van der Waals surface area contributed by atoms with Gasteiger partial charge >= 0.3 is 0 Å². The number of nitrogens with zero attached hydrogens (tertiary/aromatic N) is 5. The van der Waals surface area contributed by atoms with Crippen molar-refractivity contribution in [2.24, 2.45) is 7.05 Å². The summed E-state index contributed by atoms with van der Waals surface area (Å²) < 4.78 is 4.08. The van der Waals surface area contributed by atoms with Gasteiger partial charge in [-0.25, -0.2) is 9.97 Å². The monoisotopic (exact) mass is 279 g/mol. The fourth-order valence-electron chi connectivity index (χ4n) is 2.53. The molecule has 21 heavy (non-hydrogen) atoms. The average Bonchev–Trinajstić information content (AvgIpc) is 3.00. The molecule has 2 aromatic heterocycles. The normalized spacial score (nSPS) is 11.8. The summed E-state index contributed by atoms with van der Waals surface area (Å²) in [5, 5.41) is 9.05. The number of nitriles is 1. The molecule has 5 heteroatoms. The van der Waals surface area contributed by atoms with Gasteiger partial charge in [0.05, 0.1) is 29.0 Å². The molecule has 0 spiro atoms. The van der Waals surface area contributed by atoms with Gasteiger partial charge in [0.2, 0.25) is 0 Å². The minimum atomic E-state index is -0.129. The van der Waals surface area contributed by atoms with Crippen LogP contribution in [0.4, 0.5) is 0 Å². The molecule has 0 radical (unpaired) electrons. The lowest BCUT2D eigenvalue weighted by atomic mass is 10.1. The lowest BCUT2D eigenvalue weighted by Gasteiger charge is -2.24. The Balaban J connectivity index is 2.35. The molecule has 0 amide bonds. The van der Waals surface area contributed by atoms with E-state index in [-0.39, 0.29) is 5.54 Å². The lowest BCUT2D eigenvalue weighted by molar-refractivity contribution is 0.412. The highest BCUT2D eigenvalue weighted by Gasteiger charge is 2.23. The van der Waals surface area contributed by atoms with E-state index >= 15 is 0 Å². The molecule has 0 aliphatic heterocycles. The Bertz CT molecular complexity index is 855. The summed E-state index contributed by atoms with van der Waals surface area (Å²) in [6, 6.07) is 7.77. The average molecular weight is 279 g/mol. The van der Waals surface area contributed by atoms with Gasteiger partial charge in [-0.2, -0.15) is 5.26 Å². The second-order valence-electron chi connectivity index (χ2n) is 6.18. The van der Waals surface area contributed by atoms with Crippen LogP contribution in [-0.4, -0.2) is 19.1 Å². The maximum atomic E-state index is 9.05. The summed E-state index contributed by atoms with van der Waals surface area (Å²) in [5.74, 6) is 0.827. The smallest absolute Gasteiger partial charge is 0.161 e. The first-order valence-electron chi connectivity index (χ1n) is 6.81. The standard InChI is InChI=1S/C16H17N5/c1-16(2,3)21-14-6-5-11(8-17)7-12(14)19-15(21)13-9-20(4)10-18-13/h5-7,9-10H,1-4H3. The lowest BCUT2D eigenvalue weighted by Crippen LogP contribution is -2.22. The van der Waals surface area contributed by atoms with Crippen molar-refractivity contribution in [2.45, 2.75) is 26.3 Å². The summed E-state index contributed by atoms with van der Waals surface area (Å²) in [7, 11) is 1.94. The fraction of sp³-hybridized carbons (Fsp3) is 0.312. The number of benzene rings is 1. The van der Waals surface area contributed by atoms with Crippen LogP contribution in [-0.2, 0) is 12.6 Å². The Morgan fingerprint density at radius 2 is 2.00 bits per heavy atom. The molecule has 0 unspecified atom stereocenters. The van der Waals surface area contributed by atoms with Crippen molar-refractivity contribution in [1.29, 1.82) is 5.26 Å².